The van der Waals surface area contributed by atoms with Crippen LogP contribution >= 0.6 is 0 Å². The van der Waals surface area contributed by atoms with Gasteiger partial charge in [-0.1, -0.05) is 12.1 Å². The van der Waals surface area contributed by atoms with Crippen LogP contribution in [0.3, 0.4) is 0 Å². The first-order chi connectivity index (χ1) is 10.5. The number of hydrogen-bond donors (Lipinski definition) is 2. The largest absolute Gasteiger partial charge is 0.502 e. The zero-order valence-electron chi connectivity index (χ0n) is 11.8. The Morgan fingerprint density at radius 2 is 1.91 bits per heavy atom. The maximum absolute atomic E-state index is 12.8. The van der Waals surface area contributed by atoms with E-state index in [4.69, 9.17) is 0 Å². The molecule has 1 aromatic heterocycles. The van der Waals surface area contributed by atoms with Crippen molar-refractivity contribution in [3.63, 3.8) is 0 Å². The molecule has 0 fully saturated rings. The summed E-state index contributed by atoms with van der Waals surface area (Å²) in [7, 11) is 1.10. The lowest BCUT2D eigenvalue weighted by molar-refractivity contribution is -0.139. The van der Waals surface area contributed by atoms with Crippen molar-refractivity contribution < 1.29 is 23.8 Å². The van der Waals surface area contributed by atoms with Crippen LogP contribution in [0.5, 0.6) is 0 Å². The Bertz CT molecular complexity index is 716. The summed E-state index contributed by atoms with van der Waals surface area (Å²) >= 11 is 0. The number of ketones is 1. The molecule has 0 unspecified atom stereocenters. The van der Waals surface area contributed by atoms with Gasteiger partial charge in [0.15, 0.2) is 0 Å². The van der Waals surface area contributed by atoms with E-state index in [0.29, 0.717) is 6.42 Å². The van der Waals surface area contributed by atoms with Crippen molar-refractivity contribution in [2.75, 3.05) is 7.11 Å². The number of aromatic amines is 1. The van der Waals surface area contributed by atoms with Crippen LogP contribution in [-0.2, 0) is 16.0 Å². The maximum Gasteiger partial charge on any atom is 0.373 e. The number of benzene rings is 1. The van der Waals surface area contributed by atoms with Crippen LogP contribution in [0.1, 0.15) is 21.7 Å². The Morgan fingerprint density at radius 1 is 1.23 bits per heavy atom. The van der Waals surface area contributed by atoms with Gasteiger partial charge >= 0.3 is 5.97 Å². The third-order valence-corrected chi connectivity index (χ3v) is 2.98. The van der Waals surface area contributed by atoms with E-state index in [0.717, 1.165) is 24.4 Å². The number of aliphatic hydroxyl groups is 1. The van der Waals surface area contributed by atoms with Crippen LogP contribution in [0, 0.1) is 5.82 Å². The number of aromatic nitrogens is 1. The van der Waals surface area contributed by atoms with Crippen LogP contribution in [0.4, 0.5) is 4.39 Å². The fourth-order valence-electron chi connectivity index (χ4n) is 1.87. The third-order valence-electron chi connectivity index (χ3n) is 2.98. The zero-order valence-corrected chi connectivity index (χ0v) is 11.8. The predicted octanol–water partition coefficient (Wildman–Crippen LogP) is 2.54. The molecule has 0 aliphatic rings. The molecule has 0 spiro atoms. The molecule has 0 saturated carbocycles. The smallest absolute Gasteiger partial charge is 0.373 e. The quantitative estimate of drug-likeness (QED) is 0.385. The van der Waals surface area contributed by atoms with E-state index < -0.39 is 17.5 Å². The Morgan fingerprint density at radius 3 is 2.55 bits per heavy atom. The van der Waals surface area contributed by atoms with Crippen molar-refractivity contribution in [2.24, 2.45) is 0 Å². The summed E-state index contributed by atoms with van der Waals surface area (Å²) in [4.78, 5) is 25.8. The van der Waals surface area contributed by atoms with Crippen molar-refractivity contribution in [1.82, 2.24) is 4.98 Å². The minimum atomic E-state index is -0.980. The average molecular weight is 303 g/mol. The minimum Gasteiger partial charge on any atom is -0.502 e. The molecule has 6 heteroatoms. The molecule has 0 aliphatic heterocycles. The normalized spacial score (nSPS) is 11.3. The Balaban J connectivity index is 2.09. The molecule has 0 radical (unpaired) electrons. The van der Waals surface area contributed by atoms with Gasteiger partial charge in [-0.3, -0.25) is 4.79 Å². The summed E-state index contributed by atoms with van der Waals surface area (Å²) in [6.45, 7) is 0. The standard InChI is InChI=1S/C16H14FNO4/c1-22-16(21)15(20)9-14(19)13-7-6-12(18-13)8-10-2-4-11(17)5-3-10/h2-7,9,18,20H,8H2,1H3/b15-9-. The van der Waals surface area contributed by atoms with Gasteiger partial charge in [0, 0.05) is 18.2 Å². The lowest BCUT2D eigenvalue weighted by atomic mass is 10.1. The van der Waals surface area contributed by atoms with E-state index in [2.05, 4.69) is 9.72 Å². The number of nitrogens with one attached hydrogen (secondary N) is 1. The number of esters is 1. The molecule has 2 aromatic rings. The molecule has 0 amide bonds. The summed E-state index contributed by atoms with van der Waals surface area (Å²) in [6.07, 6.45) is 1.29. The summed E-state index contributed by atoms with van der Waals surface area (Å²) in [5, 5.41) is 9.33. The monoisotopic (exact) mass is 303 g/mol. The van der Waals surface area contributed by atoms with Gasteiger partial charge in [0.05, 0.1) is 12.8 Å². The molecular formula is C16H14FNO4. The van der Waals surface area contributed by atoms with Crippen LogP contribution in [0.2, 0.25) is 0 Å². The molecule has 5 nitrogen and oxygen atoms in total. The topological polar surface area (TPSA) is 79.4 Å². The van der Waals surface area contributed by atoms with Gasteiger partial charge < -0.3 is 14.8 Å². The fourth-order valence-corrected chi connectivity index (χ4v) is 1.87. The van der Waals surface area contributed by atoms with Gasteiger partial charge in [0.2, 0.25) is 11.5 Å². The van der Waals surface area contributed by atoms with Gasteiger partial charge in [0.1, 0.15) is 5.82 Å². The highest BCUT2D eigenvalue weighted by atomic mass is 19.1. The molecule has 1 heterocycles. The first-order valence-corrected chi connectivity index (χ1v) is 6.45. The second-order valence-electron chi connectivity index (χ2n) is 4.59. The van der Waals surface area contributed by atoms with E-state index in [1.165, 1.54) is 12.1 Å². The first kappa shape index (κ1) is 15.5. The molecule has 0 bridgehead atoms. The van der Waals surface area contributed by atoms with Crippen molar-refractivity contribution >= 4 is 11.8 Å². The zero-order chi connectivity index (χ0) is 16.1. The first-order valence-electron chi connectivity index (χ1n) is 6.45. The number of methoxy groups -OCH3 is 1. The number of ether oxygens (including phenoxy) is 1. The second-order valence-corrected chi connectivity index (χ2v) is 4.59. The number of H-pyrrole nitrogens is 1. The molecule has 1 aromatic carbocycles. The molecule has 2 rings (SSSR count). The van der Waals surface area contributed by atoms with Gasteiger partial charge in [0.25, 0.3) is 0 Å². The summed E-state index contributed by atoms with van der Waals surface area (Å²) < 4.78 is 17.1. The number of carbonyl (C=O) groups excluding carboxylic acids is 2. The van der Waals surface area contributed by atoms with Gasteiger partial charge in [-0.25, -0.2) is 9.18 Å². The molecule has 0 atom stereocenters. The van der Waals surface area contributed by atoms with Crippen molar-refractivity contribution in [3.05, 3.63) is 71.0 Å². The minimum absolute atomic E-state index is 0.229. The number of rotatable bonds is 5. The highest BCUT2D eigenvalue weighted by Gasteiger charge is 2.12. The van der Waals surface area contributed by atoms with E-state index >= 15 is 0 Å². The molecular weight excluding hydrogens is 289 g/mol. The Labute approximate surface area is 126 Å². The number of hydrogen-bond acceptors (Lipinski definition) is 4. The summed E-state index contributed by atoms with van der Waals surface area (Å²) in [6, 6.07) is 9.28. The highest BCUT2D eigenvalue weighted by molar-refractivity contribution is 6.06. The van der Waals surface area contributed by atoms with Crippen molar-refractivity contribution in [1.29, 1.82) is 0 Å². The second kappa shape index (κ2) is 6.71. The number of carbonyl (C=O) groups is 2. The lowest BCUT2D eigenvalue weighted by Crippen LogP contribution is -2.07. The van der Waals surface area contributed by atoms with E-state index in [-0.39, 0.29) is 11.5 Å². The summed E-state index contributed by atoms with van der Waals surface area (Å²) in [5.41, 5.74) is 1.86. The van der Waals surface area contributed by atoms with Crippen LogP contribution in [0.25, 0.3) is 0 Å². The van der Waals surface area contributed by atoms with E-state index in [1.54, 1.807) is 24.3 Å². The van der Waals surface area contributed by atoms with E-state index in [1.807, 2.05) is 0 Å². The SMILES string of the molecule is COC(=O)/C(O)=C/C(=O)c1ccc(Cc2ccc(F)cc2)[nH]1. The van der Waals surface area contributed by atoms with Gasteiger partial charge in [-0.15, -0.1) is 0 Å². The summed E-state index contributed by atoms with van der Waals surface area (Å²) in [5.74, 6) is -2.60. The molecule has 2 N–H and O–H groups in total. The predicted molar refractivity (Wildman–Crippen MR) is 77.1 cm³/mol. The number of aliphatic hydroxyl groups excluding tert-OH is 1. The highest BCUT2D eigenvalue weighted by Crippen LogP contribution is 2.11. The van der Waals surface area contributed by atoms with Crippen LogP contribution in [0.15, 0.2) is 48.2 Å². The third kappa shape index (κ3) is 3.82. The molecule has 114 valence electrons. The Hall–Kier alpha value is -2.89. The van der Waals surface area contributed by atoms with Gasteiger partial charge in [-0.2, -0.15) is 0 Å². The number of halogens is 1. The Kier molecular flexibility index (Phi) is 4.73. The number of allylic oxidation sites excluding steroid dienone is 1. The van der Waals surface area contributed by atoms with Gasteiger partial charge in [-0.05, 0) is 29.8 Å². The van der Waals surface area contributed by atoms with Crippen LogP contribution < -0.4 is 0 Å². The molecule has 0 aliphatic carbocycles. The fraction of sp³-hybridized carbons (Fsp3) is 0.125. The lowest BCUT2D eigenvalue weighted by Gasteiger charge is -1.99. The van der Waals surface area contributed by atoms with E-state index in [9.17, 15) is 19.1 Å². The van der Waals surface area contributed by atoms with Crippen molar-refractivity contribution in [2.45, 2.75) is 6.42 Å². The molecule has 0 saturated heterocycles. The average Bonchev–Trinajstić information content (AvgIpc) is 2.97. The molecule has 22 heavy (non-hydrogen) atoms. The maximum atomic E-state index is 12.8. The van der Waals surface area contributed by atoms with Crippen LogP contribution in [-0.4, -0.2) is 29.0 Å². The van der Waals surface area contributed by atoms with Crippen molar-refractivity contribution in [3.8, 4) is 0 Å².